The lowest BCUT2D eigenvalue weighted by Gasteiger charge is -2.50. The number of thiophene rings is 1. The van der Waals surface area contributed by atoms with E-state index in [0.717, 1.165) is 38.5 Å². The zero-order valence-electron chi connectivity index (χ0n) is 18.4. The van der Waals surface area contributed by atoms with Gasteiger partial charge in [-0.05, 0) is 49.5 Å². The lowest BCUT2D eigenvalue weighted by Crippen LogP contribution is -2.51. The summed E-state index contributed by atoms with van der Waals surface area (Å²) in [6.45, 7) is 2.21. The zero-order chi connectivity index (χ0) is 22.4. The molecule has 1 aromatic heterocycles. The van der Waals surface area contributed by atoms with Gasteiger partial charge >= 0.3 is 5.97 Å². The molecule has 2 aliphatic rings. The molecule has 3 N–H and O–H groups in total. The predicted molar refractivity (Wildman–Crippen MR) is 122 cm³/mol. The monoisotopic (exact) mass is 448 g/mol. The Bertz CT molecular complexity index is 758. The first-order chi connectivity index (χ1) is 14.9. The first-order valence-corrected chi connectivity index (χ1v) is 12.6. The van der Waals surface area contributed by atoms with Crippen LogP contribution in [0.4, 0.5) is 0 Å². The molecule has 0 saturated heterocycles. The van der Waals surface area contributed by atoms with Crippen molar-refractivity contribution in [1.82, 2.24) is 0 Å². The molecule has 0 bridgehead atoms. The number of hydrogen-bond donors (Lipinski definition) is 3. The minimum Gasteiger partial charge on any atom is -0.481 e. The van der Waals surface area contributed by atoms with Crippen molar-refractivity contribution in [2.45, 2.75) is 88.8 Å². The van der Waals surface area contributed by atoms with Crippen LogP contribution in [-0.4, -0.2) is 39.3 Å². The van der Waals surface area contributed by atoms with Crippen molar-refractivity contribution in [3.05, 3.63) is 34.5 Å². The molecule has 6 heteroatoms. The average molecular weight is 449 g/mol. The van der Waals surface area contributed by atoms with Crippen molar-refractivity contribution < 1.29 is 24.9 Å². The molecular formula is C25H36O5S. The summed E-state index contributed by atoms with van der Waals surface area (Å²) in [4.78, 5) is 24.2. The van der Waals surface area contributed by atoms with Gasteiger partial charge < -0.3 is 15.3 Å². The molecule has 172 valence electrons. The predicted octanol–water partition coefficient (Wildman–Crippen LogP) is 4.71. The lowest BCUT2D eigenvalue weighted by molar-refractivity contribution is -0.137. The molecule has 6 atom stereocenters. The molecule has 3 unspecified atom stereocenters. The highest BCUT2D eigenvalue weighted by molar-refractivity contribution is 7.10. The van der Waals surface area contributed by atoms with Crippen LogP contribution >= 0.6 is 11.3 Å². The van der Waals surface area contributed by atoms with Crippen molar-refractivity contribution in [2.24, 2.45) is 17.8 Å². The van der Waals surface area contributed by atoms with Crippen LogP contribution in [0.5, 0.6) is 0 Å². The van der Waals surface area contributed by atoms with Crippen molar-refractivity contribution in [2.75, 3.05) is 0 Å². The molecule has 31 heavy (non-hydrogen) atoms. The summed E-state index contributed by atoms with van der Waals surface area (Å²) in [5, 5.41) is 32.2. The molecule has 0 spiro atoms. The smallest absolute Gasteiger partial charge is 0.303 e. The maximum atomic E-state index is 12.4. The molecule has 1 heterocycles. The Kier molecular flexibility index (Phi) is 8.48. The van der Waals surface area contributed by atoms with Gasteiger partial charge in [-0.25, -0.2) is 0 Å². The third-order valence-corrected chi connectivity index (χ3v) is 8.61. The van der Waals surface area contributed by atoms with E-state index in [1.165, 1.54) is 4.88 Å². The van der Waals surface area contributed by atoms with Gasteiger partial charge in [0.1, 0.15) is 5.78 Å². The first kappa shape index (κ1) is 24.1. The number of aliphatic carboxylic acids is 1. The molecule has 0 aliphatic heterocycles. The van der Waals surface area contributed by atoms with E-state index < -0.39 is 18.2 Å². The molecule has 2 fully saturated rings. The van der Waals surface area contributed by atoms with E-state index in [2.05, 4.69) is 18.4 Å². The van der Waals surface area contributed by atoms with E-state index in [9.17, 15) is 19.8 Å². The standard InChI is InChI=1S/C25H36O5S/c1-17-13-14-25(17,23-11-7-15-31-23)22(28)10-6-9-19-18(20(26)16-21(19)27)8-4-2-3-5-12-24(29)30/h6-7,9,11,15,17-19,21-22,27-28H,2-5,8,10,12-14,16H2,1H3,(H,29,30)/t17?,18-,19-,21-,22?,25?/m1/s1. The Morgan fingerprint density at radius 3 is 2.71 bits per heavy atom. The van der Waals surface area contributed by atoms with Crippen molar-refractivity contribution in [1.29, 1.82) is 0 Å². The van der Waals surface area contributed by atoms with Crippen LogP contribution in [0, 0.1) is 17.8 Å². The van der Waals surface area contributed by atoms with Gasteiger partial charge in [-0.15, -0.1) is 11.3 Å². The second-order valence-electron chi connectivity index (χ2n) is 9.41. The molecule has 3 rings (SSSR count). The zero-order valence-corrected chi connectivity index (χ0v) is 19.2. The Hall–Kier alpha value is -1.50. The van der Waals surface area contributed by atoms with Gasteiger partial charge in [-0.1, -0.05) is 44.4 Å². The van der Waals surface area contributed by atoms with Gasteiger partial charge in [0.05, 0.1) is 12.2 Å². The van der Waals surface area contributed by atoms with Gasteiger partial charge in [0.2, 0.25) is 0 Å². The van der Waals surface area contributed by atoms with E-state index >= 15 is 0 Å². The molecule has 5 nitrogen and oxygen atoms in total. The van der Waals surface area contributed by atoms with Crippen LogP contribution in [0.1, 0.15) is 76.0 Å². The quantitative estimate of drug-likeness (QED) is 0.318. The van der Waals surface area contributed by atoms with Gasteiger partial charge in [-0.3, -0.25) is 9.59 Å². The first-order valence-electron chi connectivity index (χ1n) is 11.7. The summed E-state index contributed by atoms with van der Waals surface area (Å²) in [6, 6.07) is 4.17. The van der Waals surface area contributed by atoms with E-state index in [0.29, 0.717) is 18.8 Å². The van der Waals surface area contributed by atoms with Crippen LogP contribution in [-0.2, 0) is 15.0 Å². The summed E-state index contributed by atoms with van der Waals surface area (Å²) in [7, 11) is 0. The Labute approximate surface area is 189 Å². The number of carbonyl (C=O) groups excluding carboxylic acids is 1. The number of aliphatic hydroxyl groups excluding tert-OH is 2. The maximum Gasteiger partial charge on any atom is 0.303 e. The SMILES string of the molecule is CC1CCC1(c1cccs1)C(O)CC=C[C@H]1[C@H](O)CC(=O)[C@@H]1CCCCCCC(=O)O. The van der Waals surface area contributed by atoms with Gasteiger partial charge in [0.15, 0.2) is 0 Å². The highest BCUT2D eigenvalue weighted by Crippen LogP contribution is 2.53. The van der Waals surface area contributed by atoms with Gasteiger partial charge in [-0.2, -0.15) is 0 Å². The minimum atomic E-state index is -0.765. The number of unbranched alkanes of at least 4 members (excludes halogenated alkanes) is 3. The van der Waals surface area contributed by atoms with Gasteiger partial charge in [0, 0.05) is 35.0 Å². The summed E-state index contributed by atoms with van der Waals surface area (Å²) in [5.74, 6) is -0.552. The highest BCUT2D eigenvalue weighted by Gasteiger charge is 2.50. The van der Waals surface area contributed by atoms with Gasteiger partial charge in [0.25, 0.3) is 0 Å². The van der Waals surface area contributed by atoms with Crippen LogP contribution in [0.15, 0.2) is 29.7 Å². The third-order valence-electron chi connectivity index (χ3n) is 7.55. The topological polar surface area (TPSA) is 94.8 Å². The fraction of sp³-hybridized carbons (Fsp3) is 0.680. The van der Waals surface area contributed by atoms with Crippen LogP contribution in [0.25, 0.3) is 0 Å². The molecular weight excluding hydrogens is 412 g/mol. The van der Waals surface area contributed by atoms with E-state index in [-0.39, 0.29) is 35.9 Å². The van der Waals surface area contributed by atoms with Crippen LogP contribution < -0.4 is 0 Å². The molecule has 0 radical (unpaired) electrons. The fourth-order valence-corrected chi connectivity index (χ4v) is 6.59. The van der Waals surface area contributed by atoms with E-state index in [1.54, 1.807) is 11.3 Å². The number of ketones is 1. The van der Waals surface area contributed by atoms with E-state index in [4.69, 9.17) is 5.11 Å². The molecule has 0 amide bonds. The normalized spacial score (nSPS) is 31.8. The highest BCUT2D eigenvalue weighted by atomic mass is 32.1. The molecule has 1 aromatic rings. The summed E-state index contributed by atoms with van der Waals surface area (Å²) in [6.07, 6.45) is 9.90. The number of carbonyl (C=O) groups is 2. The number of Topliss-reactive ketones (excluding diaryl/α,β-unsaturated/α-hetero) is 1. The number of hydrogen-bond acceptors (Lipinski definition) is 5. The number of aliphatic hydroxyl groups is 2. The minimum absolute atomic E-state index is 0.121. The fourth-order valence-electron chi connectivity index (χ4n) is 5.47. The molecule has 2 saturated carbocycles. The third kappa shape index (κ3) is 5.47. The largest absolute Gasteiger partial charge is 0.481 e. The summed E-state index contributed by atoms with van der Waals surface area (Å²) < 4.78 is 0. The van der Waals surface area contributed by atoms with E-state index in [1.807, 2.05) is 18.2 Å². The van der Waals surface area contributed by atoms with Crippen molar-refractivity contribution in [3.63, 3.8) is 0 Å². The van der Waals surface area contributed by atoms with Crippen LogP contribution in [0.2, 0.25) is 0 Å². The lowest BCUT2D eigenvalue weighted by atomic mass is 9.56. The average Bonchev–Trinajstić information content (AvgIpc) is 3.33. The Morgan fingerprint density at radius 1 is 1.32 bits per heavy atom. The maximum absolute atomic E-state index is 12.4. The Balaban J connectivity index is 1.53. The number of carboxylic acid groups (broad SMARTS) is 1. The summed E-state index contributed by atoms with van der Waals surface area (Å²) >= 11 is 1.71. The number of rotatable bonds is 12. The Morgan fingerprint density at radius 2 is 2.10 bits per heavy atom. The second-order valence-corrected chi connectivity index (χ2v) is 10.4. The second kappa shape index (κ2) is 10.9. The van der Waals surface area contributed by atoms with Crippen molar-refractivity contribution in [3.8, 4) is 0 Å². The van der Waals surface area contributed by atoms with Crippen LogP contribution in [0.3, 0.4) is 0 Å². The summed E-state index contributed by atoms with van der Waals surface area (Å²) in [5.41, 5.74) is -0.169. The molecule has 0 aromatic carbocycles. The van der Waals surface area contributed by atoms with Crippen molar-refractivity contribution >= 4 is 23.1 Å². The molecule has 2 aliphatic carbocycles. The number of carboxylic acids is 1.